The van der Waals surface area contributed by atoms with E-state index >= 15 is 0 Å². The Bertz CT molecular complexity index is 603. The molecule has 6 nitrogen and oxygen atoms in total. The number of carbonyl (C=O) groups is 1. The third-order valence-corrected chi connectivity index (χ3v) is 4.88. The summed E-state index contributed by atoms with van der Waals surface area (Å²) in [4.78, 5) is 17.2. The van der Waals surface area contributed by atoms with Gasteiger partial charge < -0.3 is 24.6 Å². The lowest BCUT2D eigenvalue weighted by Gasteiger charge is -2.32. The number of amides is 1. The maximum absolute atomic E-state index is 12.4. The first-order valence-corrected chi connectivity index (χ1v) is 9.29. The van der Waals surface area contributed by atoms with Gasteiger partial charge >= 0.3 is 0 Å². The van der Waals surface area contributed by atoms with Gasteiger partial charge in [-0.2, -0.15) is 0 Å². The van der Waals surface area contributed by atoms with Crippen molar-refractivity contribution in [2.24, 2.45) is 0 Å². The predicted molar refractivity (Wildman–Crippen MR) is 97.9 cm³/mol. The molecule has 0 aliphatic carbocycles. The lowest BCUT2D eigenvalue weighted by Crippen LogP contribution is -2.45. The summed E-state index contributed by atoms with van der Waals surface area (Å²) in [6, 6.07) is 3.35. The molecule has 2 heterocycles. The maximum atomic E-state index is 12.4. The number of nitrogens with one attached hydrogen (secondary N) is 1. The van der Waals surface area contributed by atoms with Crippen molar-refractivity contribution < 1.29 is 14.3 Å². The smallest absolute Gasteiger partial charge is 0.251 e. The van der Waals surface area contributed by atoms with Gasteiger partial charge in [0.15, 0.2) is 11.5 Å². The molecule has 1 saturated heterocycles. The van der Waals surface area contributed by atoms with Gasteiger partial charge in [-0.3, -0.25) is 4.79 Å². The highest BCUT2D eigenvalue weighted by atomic mass is 35.5. The van der Waals surface area contributed by atoms with Gasteiger partial charge in [0.1, 0.15) is 0 Å². The third kappa shape index (κ3) is 5.00. The maximum Gasteiger partial charge on any atom is 0.251 e. The van der Waals surface area contributed by atoms with Gasteiger partial charge in [0.2, 0.25) is 0 Å². The SMILES string of the molecule is CN1CCN(CCCNC(=O)c2cc(Cl)c3c(c2)OCCCO3)CC1. The molecule has 1 aromatic rings. The van der Waals surface area contributed by atoms with Crippen molar-refractivity contribution in [2.45, 2.75) is 12.8 Å². The number of nitrogens with zero attached hydrogens (tertiary/aromatic N) is 2. The molecule has 1 aromatic carbocycles. The van der Waals surface area contributed by atoms with Crippen LogP contribution < -0.4 is 14.8 Å². The lowest BCUT2D eigenvalue weighted by atomic mass is 10.2. The van der Waals surface area contributed by atoms with Gasteiger partial charge in [-0.05, 0) is 32.1 Å². The zero-order valence-electron chi connectivity index (χ0n) is 14.7. The fraction of sp³-hybridized carbons (Fsp3) is 0.611. The zero-order valence-corrected chi connectivity index (χ0v) is 15.5. The standard InChI is InChI=1S/C18H26ClN3O3/c1-21-6-8-22(9-7-21)5-2-4-20-18(23)14-12-15(19)17-16(13-14)24-10-3-11-25-17/h12-13H,2-11H2,1H3,(H,20,23). The van der Waals surface area contributed by atoms with Crippen LogP contribution in [0.15, 0.2) is 12.1 Å². The molecule has 0 saturated carbocycles. The van der Waals surface area contributed by atoms with Crippen molar-refractivity contribution in [1.29, 1.82) is 0 Å². The molecule has 1 fully saturated rings. The Labute approximate surface area is 154 Å². The van der Waals surface area contributed by atoms with E-state index < -0.39 is 0 Å². The van der Waals surface area contributed by atoms with E-state index in [0.29, 0.717) is 41.8 Å². The molecule has 0 unspecified atom stereocenters. The quantitative estimate of drug-likeness (QED) is 0.805. The Morgan fingerprint density at radius 3 is 2.76 bits per heavy atom. The van der Waals surface area contributed by atoms with Gasteiger partial charge in [-0.25, -0.2) is 0 Å². The summed E-state index contributed by atoms with van der Waals surface area (Å²) in [6.07, 6.45) is 1.74. The Morgan fingerprint density at radius 1 is 1.20 bits per heavy atom. The van der Waals surface area contributed by atoms with Crippen LogP contribution in [0.1, 0.15) is 23.2 Å². The van der Waals surface area contributed by atoms with Crippen molar-refractivity contribution in [3.8, 4) is 11.5 Å². The van der Waals surface area contributed by atoms with Crippen LogP contribution in [0.3, 0.4) is 0 Å². The Balaban J connectivity index is 1.48. The summed E-state index contributed by atoms with van der Waals surface area (Å²) in [5.41, 5.74) is 0.508. The van der Waals surface area contributed by atoms with Gasteiger partial charge in [0.25, 0.3) is 5.91 Å². The number of hydrogen-bond donors (Lipinski definition) is 1. The second kappa shape index (κ2) is 8.74. The Kier molecular flexibility index (Phi) is 6.39. The van der Waals surface area contributed by atoms with E-state index in [4.69, 9.17) is 21.1 Å². The van der Waals surface area contributed by atoms with Crippen LogP contribution in [0.4, 0.5) is 0 Å². The van der Waals surface area contributed by atoms with Crippen LogP contribution in [0.5, 0.6) is 11.5 Å². The molecule has 7 heteroatoms. The Morgan fingerprint density at radius 2 is 1.96 bits per heavy atom. The number of piperazine rings is 1. The Hall–Kier alpha value is -1.50. The summed E-state index contributed by atoms with van der Waals surface area (Å²) < 4.78 is 11.2. The number of fused-ring (bicyclic) bond motifs is 1. The zero-order chi connectivity index (χ0) is 17.6. The van der Waals surface area contributed by atoms with E-state index in [1.807, 2.05) is 0 Å². The highest BCUT2D eigenvalue weighted by Crippen LogP contribution is 2.37. The second-order valence-corrected chi connectivity index (χ2v) is 7.00. The average Bonchev–Trinajstić information content (AvgIpc) is 2.86. The summed E-state index contributed by atoms with van der Waals surface area (Å²) in [7, 11) is 2.15. The molecule has 3 rings (SSSR count). The topological polar surface area (TPSA) is 54.0 Å². The first kappa shape index (κ1) is 18.3. The van der Waals surface area contributed by atoms with E-state index in [9.17, 15) is 4.79 Å². The van der Waals surface area contributed by atoms with Crippen LogP contribution in [-0.2, 0) is 0 Å². The predicted octanol–water partition coefficient (Wildman–Crippen LogP) is 1.87. The monoisotopic (exact) mass is 367 g/mol. The molecule has 1 N–H and O–H groups in total. The van der Waals surface area contributed by atoms with Crippen LogP contribution in [0.2, 0.25) is 5.02 Å². The van der Waals surface area contributed by atoms with Crippen LogP contribution in [-0.4, -0.2) is 75.2 Å². The van der Waals surface area contributed by atoms with Crippen LogP contribution >= 0.6 is 11.6 Å². The molecule has 0 radical (unpaired) electrons. The molecule has 0 aromatic heterocycles. The first-order valence-electron chi connectivity index (χ1n) is 8.92. The molecule has 0 bridgehead atoms. The average molecular weight is 368 g/mol. The number of ether oxygens (including phenoxy) is 2. The number of rotatable bonds is 5. The number of benzene rings is 1. The highest BCUT2D eigenvalue weighted by molar-refractivity contribution is 6.32. The van der Waals surface area contributed by atoms with E-state index in [2.05, 4.69) is 22.2 Å². The minimum absolute atomic E-state index is 0.129. The van der Waals surface area contributed by atoms with Gasteiger partial charge in [-0.15, -0.1) is 0 Å². The van der Waals surface area contributed by atoms with E-state index in [-0.39, 0.29) is 5.91 Å². The number of carbonyl (C=O) groups excluding carboxylic acids is 1. The summed E-state index contributed by atoms with van der Waals surface area (Å²) in [5, 5.41) is 3.38. The molecule has 25 heavy (non-hydrogen) atoms. The number of likely N-dealkylation sites (N-methyl/N-ethyl adjacent to an activating group) is 1. The van der Waals surface area contributed by atoms with Gasteiger partial charge in [0, 0.05) is 44.7 Å². The molecule has 0 atom stereocenters. The third-order valence-electron chi connectivity index (χ3n) is 4.60. The van der Waals surface area contributed by atoms with Crippen molar-refractivity contribution >= 4 is 17.5 Å². The van der Waals surface area contributed by atoms with Crippen LogP contribution in [0, 0.1) is 0 Å². The largest absolute Gasteiger partial charge is 0.489 e. The number of halogens is 1. The van der Waals surface area contributed by atoms with Gasteiger partial charge in [0.05, 0.1) is 18.2 Å². The van der Waals surface area contributed by atoms with Crippen molar-refractivity contribution in [3.63, 3.8) is 0 Å². The highest BCUT2D eigenvalue weighted by Gasteiger charge is 2.18. The molecular formula is C18H26ClN3O3. The van der Waals surface area contributed by atoms with E-state index in [0.717, 1.165) is 45.6 Å². The summed E-state index contributed by atoms with van der Waals surface area (Å²) in [6.45, 7) is 7.23. The van der Waals surface area contributed by atoms with E-state index in [1.54, 1.807) is 12.1 Å². The molecule has 1 amide bonds. The molecule has 0 spiro atoms. The fourth-order valence-electron chi connectivity index (χ4n) is 3.04. The van der Waals surface area contributed by atoms with Crippen molar-refractivity contribution in [1.82, 2.24) is 15.1 Å². The molecule has 2 aliphatic rings. The molecule has 2 aliphatic heterocycles. The summed E-state index contributed by atoms with van der Waals surface area (Å²) >= 11 is 6.24. The normalized spacial score (nSPS) is 18.6. The lowest BCUT2D eigenvalue weighted by molar-refractivity contribution is 0.0949. The van der Waals surface area contributed by atoms with Crippen molar-refractivity contribution in [3.05, 3.63) is 22.7 Å². The molecular weight excluding hydrogens is 342 g/mol. The van der Waals surface area contributed by atoms with Crippen molar-refractivity contribution in [2.75, 3.05) is 59.5 Å². The first-order chi connectivity index (χ1) is 12.1. The summed E-state index contributed by atoms with van der Waals surface area (Å²) in [5.74, 6) is 0.953. The second-order valence-electron chi connectivity index (χ2n) is 6.59. The number of hydrogen-bond acceptors (Lipinski definition) is 5. The minimum Gasteiger partial charge on any atom is -0.489 e. The fourth-order valence-corrected chi connectivity index (χ4v) is 3.31. The minimum atomic E-state index is -0.129. The van der Waals surface area contributed by atoms with Crippen LogP contribution in [0.25, 0.3) is 0 Å². The van der Waals surface area contributed by atoms with Gasteiger partial charge in [-0.1, -0.05) is 11.6 Å². The molecule has 138 valence electrons. The van der Waals surface area contributed by atoms with E-state index in [1.165, 1.54) is 0 Å².